The number of hydrogen-bond acceptors (Lipinski definition) is 4. The van der Waals surface area contributed by atoms with Crippen molar-refractivity contribution < 1.29 is 8.91 Å². The third-order valence-corrected chi connectivity index (χ3v) is 3.43. The van der Waals surface area contributed by atoms with E-state index >= 15 is 0 Å². The second-order valence-electron chi connectivity index (χ2n) is 4.94. The molecule has 106 valence electrons. The molecule has 21 heavy (non-hydrogen) atoms. The molecule has 0 aliphatic carbocycles. The van der Waals surface area contributed by atoms with Crippen LogP contribution in [0.15, 0.2) is 40.9 Å². The third kappa shape index (κ3) is 2.50. The van der Waals surface area contributed by atoms with Crippen LogP contribution in [-0.4, -0.2) is 10.1 Å². The Labute approximate surface area is 121 Å². The van der Waals surface area contributed by atoms with Crippen molar-refractivity contribution in [1.29, 1.82) is 0 Å². The fraction of sp³-hybridized carbons (Fsp3) is 0.125. The van der Waals surface area contributed by atoms with Crippen LogP contribution in [0, 0.1) is 19.7 Å². The van der Waals surface area contributed by atoms with Gasteiger partial charge in [-0.1, -0.05) is 17.3 Å². The maximum Gasteiger partial charge on any atom is 0.258 e. The van der Waals surface area contributed by atoms with E-state index in [0.29, 0.717) is 23.0 Å². The molecule has 1 aromatic heterocycles. The highest BCUT2D eigenvalue weighted by Gasteiger charge is 2.14. The second-order valence-corrected chi connectivity index (χ2v) is 4.94. The lowest BCUT2D eigenvalue weighted by Crippen LogP contribution is -1.93. The van der Waals surface area contributed by atoms with Gasteiger partial charge in [-0.25, -0.2) is 4.39 Å². The highest BCUT2D eigenvalue weighted by molar-refractivity contribution is 5.68. The lowest BCUT2D eigenvalue weighted by molar-refractivity contribution is 0.432. The first-order valence-electron chi connectivity index (χ1n) is 6.51. The van der Waals surface area contributed by atoms with Crippen LogP contribution in [0.3, 0.4) is 0 Å². The molecule has 1 heterocycles. The minimum Gasteiger partial charge on any atom is -0.399 e. The predicted octanol–water partition coefficient (Wildman–Crippen LogP) is 3.74. The van der Waals surface area contributed by atoms with Gasteiger partial charge in [-0.15, -0.1) is 0 Å². The molecule has 0 bridgehead atoms. The number of nitrogens with two attached hydrogens (primary N) is 1. The topological polar surface area (TPSA) is 64.9 Å². The molecule has 0 aliphatic heterocycles. The molecule has 0 fully saturated rings. The Hall–Kier alpha value is -2.69. The van der Waals surface area contributed by atoms with Gasteiger partial charge in [0.2, 0.25) is 5.82 Å². The van der Waals surface area contributed by atoms with Crippen LogP contribution in [0.4, 0.5) is 10.1 Å². The van der Waals surface area contributed by atoms with Crippen LogP contribution in [0.5, 0.6) is 0 Å². The van der Waals surface area contributed by atoms with Gasteiger partial charge < -0.3 is 10.3 Å². The van der Waals surface area contributed by atoms with E-state index in [1.807, 2.05) is 19.9 Å². The van der Waals surface area contributed by atoms with Gasteiger partial charge in [-0.3, -0.25) is 0 Å². The summed E-state index contributed by atoms with van der Waals surface area (Å²) in [6.07, 6.45) is 0. The highest BCUT2D eigenvalue weighted by atomic mass is 19.1. The van der Waals surface area contributed by atoms with E-state index in [9.17, 15) is 4.39 Å². The van der Waals surface area contributed by atoms with Crippen LogP contribution in [-0.2, 0) is 0 Å². The number of benzene rings is 2. The van der Waals surface area contributed by atoms with E-state index in [0.717, 1.165) is 16.7 Å². The lowest BCUT2D eigenvalue weighted by Gasteiger charge is -2.06. The number of nitrogens with zero attached hydrogens (tertiary/aromatic N) is 2. The molecule has 0 saturated heterocycles. The molecule has 2 N–H and O–H groups in total. The van der Waals surface area contributed by atoms with Crippen LogP contribution in [0.25, 0.3) is 22.8 Å². The molecular formula is C16H14FN3O. The van der Waals surface area contributed by atoms with Gasteiger partial charge in [0.25, 0.3) is 5.89 Å². The number of aromatic nitrogens is 2. The Kier molecular flexibility index (Phi) is 3.17. The molecule has 4 nitrogen and oxygen atoms in total. The fourth-order valence-corrected chi connectivity index (χ4v) is 2.19. The van der Waals surface area contributed by atoms with Crippen molar-refractivity contribution in [3.63, 3.8) is 0 Å². The molecular weight excluding hydrogens is 269 g/mol. The maximum absolute atomic E-state index is 13.2. The predicted molar refractivity (Wildman–Crippen MR) is 79.0 cm³/mol. The molecule has 0 atom stereocenters. The van der Waals surface area contributed by atoms with E-state index in [1.54, 1.807) is 18.2 Å². The Morgan fingerprint density at radius 2 is 1.95 bits per heavy atom. The number of halogens is 1. The smallest absolute Gasteiger partial charge is 0.258 e. The zero-order valence-corrected chi connectivity index (χ0v) is 11.7. The Balaban J connectivity index is 2.07. The van der Waals surface area contributed by atoms with Crippen LogP contribution >= 0.6 is 0 Å². The number of aryl methyl sites for hydroxylation is 1. The summed E-state index contributed by atoms with van der Waals surface area (Å²) in [5.74, 6) is 0.390. The van der Waals surface area contributed by atoms with E-state index in [1.165, 1.54) is 12.1 Å². The van der Waals surface area contributed by atoms with Gasteiger partial charge in [-0.2, -0.15) is 4.98 Å². The normalized spacial score (nSPS) is 10.8. The summed E-state index contributed by atoms with van der Waals surface area (Å²) in [6.45, 7) is 3.94. The summed E-state index contributed by atoms with van der Waals surface area (Å²) in [7, 11) is 0. The molecule has 0 radical (unpaired) electrons. The average Bonchev–Trinajstić information content (AvgIpc) is 2.92. The Morgan fingerprint density at radius 1 is 1.14 bits per heavy atom. The monoisotopic (exact) mass is 283 g/mol. The minimum absolute atomic E-state index is 0.338. The lowest BCUT2D eigenvalue weighted by atomic mass is 10.0. The first-order chi connectivity index (χ1) is 10.0. The molecule has 5 heteroatoms. The molecule has 2 aromatic carbocycles. The van der Waals surface area contributed by atoms with Crippen molar-refractivity contribution in [3.8, 4) is 22.8 Å². The minimum atomic E-state index is -0.338. The van der Waals surface area contributed by atoms with Crippen LogP contribution < -0.4 is 5.73 Å². The number of anilines is 1. The quantitative estimate of drug-likeness (QED) is 0.727. The first-order valence-corrected chi connectivity index (χ1v) is 6.51. The number of nitrogen functional groups attached to an aromatic ring is 1. The van der Waals surface area contributed by atoms with E-state index in [2.05, 4.69) is 10.1 Å². The van der Waals surface area contributed by atoms with Crippen molar-refractivity contribution in [2.24, 2.45) is 0 Å². The maximum atomic E-state index is 13.2. The van der Waals surface area contributed by atoms with E-state index < -0.39 is 0 Å². The standard InChI is InChI=1S/C16H14FN3O/c1-9-6-13(18)8-14(10(9)2)16-19-15(20-21-16)11-4-3-5-12(17)7-11/h3-8H,18H2,1-2H3. The van der Waals surface area contributed by atoms with Gasteiger partial charge in [0.15, 0.2) is 0 Å². The van der Waals surface area contributed by atoms with Crippen molar-refractivity contribution in [1.82, 2.24) is 10.1 Å². The zero-order valence-electron chi connectivity index (χ0n) is 11.7. The summed E-state index contributed by atoms with van der Waals surface area (Å²) in [5, 5.41) is 3.91. The van der Waals surface area contributed by atoms with Crippen molar-refractivity contribution in [2.45, 2.75) is 13.8 Å². The first kappa shape index (κ1) is 13.3. The van der Waals surface area contributed by atoms with Gasteiger partial charge in [0, 0.05) is 16.8 Å². The van der Waals surface area contributed by atoms with Crippen molar-refractivity contribution in [2.75, 3.05) is 5.73 Å². The molecule has 0 saturated carbocycles. The highest BCUT2D eigenvalue weighted by Crippen LogP contribution is 2.28. The molecule has 0 unspecified atom stereocenters. The van der Waals surface area contributed by atoms with Crippen molar-refractivity contribution in [3.05, 3.63) is 53.3 Å². The summed E-state index contributed by atoms with van der Waals surface area (Å²) < 4.78 is 18.5. The molecule has 3 aromatic rings. The molecule has 0 spiro atoms. The van der Waals surface area contributed by atoms with Gasteiger partial charge >= 0.3 is 0 Å². The van der Waals surface area contributed by atoms with Crippen molar-refractivity contribution >= 4 is 5.69 Å². The Bertz CT molecular complexity index is 811. The third-order valence-electron chi connectivity index (χ3n) is 3.43. The van der Waals surface area contributed by atoms with E-state index in [4.69, 9.17) is 10.3 Å². The fourth-order valence-electron chi connectivity index (χ4n) is 2.19. The number of rotatable bonds is 2. The second kappa shape index (κ2) is 5.01. The summed E-state index contributed by atoms with van der Waals surface area (Å²) >= 11 is 0. The van der Waals surface area contributed by atoms with E-state index in [-0.39, 0.29) is 5.82 Å². The van der Waals surface area contributed by atoms with Crippen LogP contribution in [0.1, 0.15) is 11.1 Å². The molecule has 0 amide bonds. The molecule has 0 aliphatic rings. The largest absolute Gasteiger partial charge is 0.399 e. The SMILES string of the molecule is Cc1cc(N)cc(-c2nc(-c3cccc(F)c3)no2)c1C. The van der Waals surface area contributed by atoms with Crippen LogP contribution in [0.2, 0.25) is 0 Å². The van der Waals surface area contributed by atoms with Gasteiger partial charge in [-0.05, 0) is 49.2 Å². The number of hydrogen-bond donors (Lipinski definition) is 1. The molecule has 3 rings (SSSR count). The van der Waals surface area contributed by atoms with Gasteiger partial charge in [0.1, 0.15) is 5.82 Å². The summed E-state index contributed by atoms with van der Waals surface area (Å²) in [5.41, 5.74) is 9.95. The van der Waals surface area contributed by atoms with Gasteiger partial charge in [0.05, 0.1) is 0 Å². The summed E-state index contributed by atoms with van der Waals surface area (Å²) in [6, 6.07) is 9.77. The summed E-state index contributed by atoms with van der Waals surface area (Å²) in [4.78, 5) is 4.33. The Morgan fingerprint density at radius 3 is 2.71 bits per heavy atom. The zero-order chi connectivity index (χ0) is 15.0. The average molecular weight is 283 g/mol.